The number of hydrogen-bond acceptors (Lipinski definition) is 7. The Morgan fingerprint density at radius 1 is 0.974 bits per heavy atom. The summed E-state index contributed by atoms with van der Waals surface area (Å²) in [5.74, 6) is 0.529. The van der Waals surface area contributed by atoms with Crippen molar-refractivity contribution in [3.8, 4) is 11.3 Å². The van der Waals surface area contributed by atoms with E-state index in [-0.39, 0.29) is 17.7 Å². The van der Waals surface area contributed by atoms with Crippen LogP contribution in [0.25, 0.3) is 22.3 Å². The van der Waals surface area contributed by atoms with Gasteiger partial charge in [-0.3, -0.25) is 4.90 Å². The van der Waals surface area contributed by atoms with Crippen LogP contribution in [0.5, 0.6) is 0 Å². The summed E-state index contributed by atoms with van der Waals surface area (Å²) in [6, 6.07) is 7.18. The molecule has 0 unspecified atom stereocenters. The first-order valence-corrected chi connectivity index (χ1v) is 13.4. The maximum absolute atomic E-state index is 15.1. The molecule has 0 spiro atoms. The van der Waals surface area contributed by atoms with Crippen LogP contribution in [-0.4, -0.2) is 67.0 Å². The van der Waals surface area contributed by atoms with Crippen molar-refractivity contribution in [3.63, 3.8) is 0 Å². The second-order valence-electron chi connectivity index (χ2n) is 10.2. The van der Waals surface area contributed by atoms with Crippen LogP contribution in [0.15, 0.2) is 36.7 Å². The monoisotopic (exact) mass is 518 g/mol. The van der Waals surface area contributed by atoms with Gasteiger partial charge in [0.25, 0.3) is 0 Å². The summed E-state index contributed by atoms with van der Waals surface area (Å²) in [4.78, 5) is 22.4. The molecule has 1 saturated heterocycles. The zero-order valence-electron chi connectivity index (χ0n) is 21.8. The molecule has 2 aliphatic heterocycles. The highest BCUT2D eigenvalue weighted by atomic mass is 19.1. The van der Waals surface area contributed by atoms with E-state index in [4.69, 9.17) is 0 Å². The molecule has 1 atom stereocenters. The quantitative estimate of drug-likeness (QED) is 0.387. The van der Waals surface area contributed by atoms with Crippen molar-refractivity contribution >= 4 is 22.8 Å². The molecule has 6 rings (SSSR count). The molecule has 10 heteroatoms. The molecule has 0 radical (unpaired) electrons. The Morgan fingerprint density at radius 3 is 2.55 bits per heavy atom. The summed E-state index contributed by atoms with van der Waals surface area (Å²) < 4.78 is 32.0. The average Bonchev–Trinajstić information content (AvgIpc) is 3.32. The summed E-state index contributed by atoms with van der Waals surface area (Å²) in [6.07, 6.45) is 5.78. The summed E-state index contributed by atoms with van der Waals surface area (Å²) in [5.41, 5.74) is 2.50. The van der Waals surface area contributed by atoms with Crippen molar-refractivity contribution in [3.05, 3.63) is 59.7 Å². The van der Waals surface area contributed by atoms with Crippen LogP contribution >= 0.6 is 0 Å². The van der Waals surface area contributed by atoms with Crippen molar-refractivity contribution in [2.75, 3.05) is 38.0 Å². The van der Waals surface area contributed by atoms with Gasteiger partial charge in [-0.25, -0.2) is 28.7 Å². The molecule has 0 saturated carbocycles. The Bertz CT molecular complexity index is 1440. The Balaban J connectivity index is 1.21. The van der Waals surface area contributed by atoms with Gasteiger partial charge in [0.1, 0.15) is 22.9 Å². The Labute approximate surface area is 220 Å². The topological polar surface area (TPSA) is 75.0 Å². The van der Waals surface area contributed by atoms with Gasteiger partial charge >= 0.3 is 0 Å². The van der Waals surface area contributed by atoms with Gasteiger partial charge in [0.2, 0.25) is 5.95 Å². The Hall–Kier alpha value is -3.50. The van der Waals surface area contributed by atoms with Crippen LogP contribution < -0.4 is 5.32 Å². The fourth-order valence-corrected chi connectivity index (χ4v) is 5.55. The number of aromatic nitrogens is 5. The highest BCUT2D eigenvalue weighted by Crippen LogP contribution is 2.34. The molecule has 1 aromatic carbocycles. The number of halogens is 2. The average molecular weight is 519 g/mol. The van der Waals surface area contributed by atoms with Crippen molar-refractivity contribution in [1.29, 1.82) is 0 Å². The molecule has 2 aliphatic rings. The summed E-state index contributed by atoms with van der Waals surface area (Å²) in [7, 11) is 0. The number of fused-ring (bicyclic) bond motifs is 3. The van der Waals surface area contributed by atoms with Crippen molar-refractivity contribution in [2.45, 2.75) is 45.7 Å². The van der Waals surface area contributed by atoms with Crippen LogP contribution in [0.1, 0.15) is 44.1 Å². The van der Waals surface area contributed by atoms with Crippen LogP contribution in [0, 0.1) is 11.6 Å². The number of likely N-dealkylation sites (N-methyl/N-ethyl adjacent to an activating group) is 1. The number of piperazine rings is 1. The van der Waals surface area contributed by atoms with Crippen molar-refractivity contribution < 1.29 is 8.78 Å². The lowest BCUT2D eigenvalue weighted by molar-refractivity contribution is 0.132. The molecule has 1 N–H and O–H groups in total. The SMILES string of the molecule is CCN1CCN(Cc2ccc(Nc3ncc(F)c(-c4cc(F)c5nc6n(c5c4)[C@H](C)CCC6)n3)nc2)CC1. The van der Waals surface area contributed by atoms with E-state index in [1.807, 2.05) is 18.3 Å². The third-order valence-electron chi connectivity index (χ3n) is 7.69. The number of aryl methyl sites for hydroxylation is 1. The van der Waals surface area contributed by atoms with Gasteiger partial charge in [-0.05, 0) is 50.1 Å². The molecule has 4 aromatic rings. The number of nitrogens with one attached hydrogen (secondary N) is 1. The molecule has 1 fully saturated rings. The number of benzene rings is 1. The number of imidazole rings is 1. The van der Waals surface area contributed by atoms with E-state index in [0.717, 1.165) is 76.1 Å². The second kappa shape index (κ2) is 10.3. The van der Waals surface area contributed by atoms with E-state index in [1.165, 1.54) is 6.07 Å². The van der Waals surface area contributed by atoms with E-state index in [1.54, 1.807) is 6.07 Å². The minimum atomic E-state index is -0.618. The highest BCUT2D eigenvalue weighted by molar-refractivity contribution is 5.83. The van der Waals surface area contributed by atoms with Crippen LogP contribution in [0.3, 0.4) is 0 Å². The molecule has 0 bridgehead atoms. The van der Waals surface area contributed by atoms with E-state index >= 15 is 4.39 Å². The van der Waals surface area contributed by atoms with E-state index in [9.17, 15) is 4.39 Å². The van der Waals surface area contributed by atoms with Gasteiger partial charge in [-0.2, -0.15) is 0 Å². The zero-order chi connectivity index (χ0) is 26.2. The summed E-state index contributed by atoms with van der Waals surface area (Å²) >= 11 is 0. The number of hydrogen-bond donors (Lipinski definition) is 1. The Kier molecular flexibility index (Phi) is 6.75. The van der Waals surface area contributed by atoms with Gasteiger partial charge in [0.05, 0.1) is 11.7 Å². The molecule has 5 heterocycles. The fraction of sp³-hybridized carbons (Fsp3) is 0.429. The number of rotatable bonds is 6. The second-order valence-corrected chi connectivity index (χ2v) is 10.2. The molecule has 0 aliphatic carbocycles. The van der Waals surface area contributed by atoms with E-state index < -0.39 is 11.6 Å². The maximum atomic E-state index is 15.1. The standard InChI is InChI=1S/C28H32F2N8/c1-3-36-9-11-37(12-10-36)17-19-7-8-24(31-15-19)33-28-32-16-22(30)26(35-28)20-13-21(29)27-23(14-20)38-18(2)5-4-6-25(38)34-27/h7-8,13-16,18H,3-6,9-12,17H2,1-2H3,(H,31,32,33,35)/t18-/m1/s1. The van der Waals surface area contributed by atoms with Crippen molar-refractivity contribution in [1.82, 2.24) is 34.3 Å². The van der Waals surface area contributed by atoms with Gasteiger partial charge < -0.3 is 14.8 Å². The van der Waals surface area contributed by atoms with Gasteiger partial charge in [0.15, 0.2) is 11.6 Å². The summed E-state index contributed by atoms with van der Waals surface area (Å²) in [6.45, 7) is 10.5. The molecule has 0 amide bonds. The lowest BCUT2D eigenvalue weighted by Crippen LogP contribution is -2.45. The molecular formula is C28H32F2N8. The maximum Gasteiger partial charge on any atom is 0.229 e. The first-order valence-electron chi connectivity index (χ1n) is 13.4. The van der Waals surface area contributed by atoms with Crippen LogP contribution in [-0.2, 0) is 13.0 Å². The fourth-order valence-electron chi connectivity index (χ4n) is 5.55. The third-order valence-corrected chi connectivity index (χ3v) is 7.69. The van der Waals surface area contributed by atoms with Gasteiger partial charge in [0, 0.05) is 56.9 Å². The predicted molar refractivity (Wildman–Crippen MR) is 143 cm³/mol. The van der Waals surface area contributed by atoms with E-state index in [0.29, 0.717) is 22.4 Å². The largest absolute Gasteiger partial charge is 0.325 e. The van der Waals surface area contributed by atoms with Crippen molar-refractivity contribution in [2.24, 2.45) is 0 Å². The van der Waals surface area contributed by atoms with Gasteiger partial charge in [-0.15, -0.1) is 0 Å². The Morgan fingerprint density at radius 2 is 1.79 bits per heavy atom. The lowest BCUT2D eigenvalue weighted by atomic mass is 10.1. The van der Waals surface area contributed by atoms with Crippen LogP contribution in [0.2, 0.25) is 0 Å². The number of pyridine rings is 1. The first-order chi connectivity index (χ1) is 18.5. The third kappa shape index (κ3) is 4.86. The van der Waals surface area contributed by atoms with Crippen LogP contribution in [0.4, 0.5) is 20.5 Å². The molecule has 3 aromatic heterocycles. The molecule has 198 valence electrons. The van der Waals surface area contributed by atoms with E-state index in [2.05, 4.69) is 53.5 Å². The van der Waals surface area contributed by atoms with Gasteiger partial charge in [-0.1, -0.05) is 13.0 Å². The summed E-state index contributed by atoms with van der Waals surface area (Å²) in [5, 5.41) is 3.06. The number of nitrogens with zero attached hydrogens (tertiary/aromatic N) is 7. The minimum absolute atomic E-state index is 0.0326. The zero-order valence-corrected chi connectivity index (χ0v) is 21.8. The molecule has 38 heavy (non-hydrogen) atoms. The highest BCUT2D eigenvalue weighted by Gasteiger charge is 2.23. The predicted octanol–water partition coefficient (Wildman–Crippen LogP) is 4.94. The first kappa shape index (κ1) is 24.8. The lowest BCUT2D eigenvalue weighted by Gasteiger charge is -2.33. The minimum Gasteiger partial charge on any atom is -0.325 e. The molecular weight excluding hydrogens is 486 g/mol. The normalized spacial score (nSPS) is 18.6. The number of anilines is 2. The molecule has 8 nitrogen and oxygen atoms in total. The smallest absolute Gasteiger partial charge is 0.229 e.